The van der Waals surface area contributed by atoms with E-state index in [0.717, 1.165) is 50.8 Å². The van der Waals surface area contributed by atoms with Gasteiger partial charge in [0.05, 0.1) is 0 Å². The Kier molecular flexibility index (Phi) is 6.17. The van der Waals surface area contributed by atoms with Crippen molar-refractivity contribution in [3.8, 4) is 0 Å². The van der Waals surface area contributed by atoms with Gasteiger partial charge in [-0.3, -0.25) is 9.59 Å². The fourth-order valence-corrected chi connectivity index (χ4v) is 6.56. The molecule has 2 amide bonds. The Balaban J connectivity index is 1.51. The van der Waals surface area contributed by atoms with Crippen LogP contribution in [0.15, 0.2) is 30.9 Å². The fraction of sp³-hybridized carbons (Fsp3) is 0.615. The van der Waals surface area contributed by atoms with Crippen molar-refractivity contribution in [1.82, 2.24) is 9.80 Å². The summed E-state index contributed by atoms with van der Waals surface area (Å²) in [6, 6.07) is 4.62. The van der Waals surface area contributed by atoms with Crippen LogP contribution >= 0.6 is 11.6 Å². The Morgan fingerprint density at radius 3 is 2.59 bits per heavy atom. The van der Waals surface area contributed by atoms with E-state index in [4.69, 9.17) is 11.6 Å². The highest BCUT2D eigenvalue weighted by Gasteiger charge is 2.50. The topological polar surface area (TPSA) is 40.6 Å². The first-order chi connectivity index (χ1) is 15.0. The summed E-state index contributed by atoms with van der Waals surface area (Å²) in [6.07, 6.45) is 5.77. The van der Waals surface area contributed by atoms with Crippen LogP contribution in [0.4, 0.5) is 4.39 Å². The van der Waals surface area contributed by atoms with Crippen LogP contribution in [0.1, 0.15) is 64.4 Å². The van der Waals surface area contributed by atoms with Crippen LogP contribution in [0.25, 0.3) is 0 Å². The van der Waals surface area contributed by atoms with E-state index in [2.05, 4.69) is 27.4 Å². The molecule has 0 bridgehead atoms. The molecule has 3 aliphatic rings. The molecule has 2 heterocycles. The van der Waals surface area contributed by atoms with Crippen molar-refractivity contribution in [3.63, 3.8) is 0 Å². The van der Waals surface area contributed by atoms with Gasteiger partial charge in [-0.25, -0.2) is 4.39 Å². The van der Waals surface area contributed by atoms with Crippen molar-refractivity contribution >= 4 is 23.4 Å². The number of piperidine rings is 1. The summed E-state index contributed by atoms with van der Waals surface area (Å²) in [7, 11) is 0. The van der Waals surface area contributed by atoms with E-state index < -0.39 is 0 Å². The smallest absolute Gasteiger partial charge is 0.245 e. The van der Waals surface area contributed by atoms with Gasteiger partial charge < -0.3 is 9.80 Å². The molecule has 4 nitrogen and oxygen atoms in total. The van der Waals surface area contributed by atoms with Crippen LogP contribution in [0, 0.1) is 22.6 Å². The summed E-state index contributed by atoms with van der Waals surface area (Å²) in [5.41, 5.74) is 0.965. The average molecular weight is 461 g/mol. The normalized spacial score (nSPS) is 28.8. The summed E-state index contributed by atoms with van der Waals surface area (Å²) in [5, 5.41) is 0.541. The predicted octanol–water partition coefficient (Wildman–Crippen LogP) is 5.41. The van der Waals surface area contributed by atoms with Crippen LogP contribution in [0.2, 0.25) is 5.02 Å². The molecule has 2 saturated heterocycles. The molecule has 1 aliphatic carbocycles. The molecule has 1 aromatic rings. The summed E-state index contributed by atoms with van der Waals surface area (Å²) in [4.78, 5) is 29.5. The first-order valence-electron chi connectivity index (χ1n) is 11.7. The number of carbonyl (C=O) groups excluding carboxylic acids is 2. The maximum atomic E-state index is 14.1. The van der Waals surface area contributed by atoms with Gasteiger partial charge in [-0.15, -0.1) is 0 Å². The molecule has 0 N–H and O–H groups in total. The van der Waals surface area contributed by atoms with Gasteiger partial charge >= 0.3 is 0 Å². The van der Waals surface area contributed by atoms with E-state index in [0.29, 0.717) is 11.6 Å². The lowest BCUT2D eigenvalue weighted by atomic mass is 9.64. The molecule has 1 spiro atoms. The predicted molar refractivity (Wildman–Crippen MR) is 125 cm³/mol. The maximum absolute atomic E-state index is 14.1. The zero-order chi connectivity index (χ0) is 23.3. The zero-order valence-electron chi connectivity index (χ0n) is 19.4. The highest BCUT2D eigenvalue weighted by Crippen LogP contribution is 2.50. The third-order valence-corrected chi connectivity index (χ3v) is 8.37. The molecule has 0 unspecified atom stereocenters. The van der Waals surface area contributed by atoms with E-state index in [9.17, 15) is 14.0 Å². The molecule has 174 valence electrons. The first kappa shape index (κ1) is 23.3. The van der Waals surface area contributed by atoms with Gasteiger partial charge in [0.25, 0.3) is 0 Å². The Hall–Kier alpha value is -1.88. The van der Waals surface area contributed by atoms with Gasteiger partial charge in [0.15, 0.2) is 0 Å². The summed E-state index contributed by atoms with van der Waals surface area (Å²) in [6.45, 7) is 12.3. The highest BCUT2D eigenvalue weighted by atomic mass is 35.5. The number of rotatable bonds is 3. The number of halogens is 2. The van der Waals surface area contributed by atoms with Gasteiger partial charge in [-0.2, -0.15) is 0 Å². The van der Waals surface area contributed by atoms with Crippen LogP contribution < -0.4 is 0 Å². The maximum Gasteiger partial charge on any atom is 0.245 e. The number of amides is 2. The molecular formula is C26H34ClFN2O2. The Labute approximate surface area is 195 Å². The Bertz CT molecular complexity index is 924. The summed E-state index contributed by atoms with van der Waals surface area (Å²) < 4.78 is 14.1. The number of hydrogen-bond acceptors (Lipinski definition) is 2. The van der Waals surface area contributed by atoms with Crippen LogP contribution in [0.5, 0.6) is 0 Å². The lowest BCUT2D eigenvalue weighted by Crippen LogP contribution is -2.64. The van der Waals surface area contributed by atoms with Crippen molar-refractivity contribution in [2.24, 2.45) is 16.7 Å². The summed E-state index contributed by atoms with van der Waals surface area (Å²) in [5.74, 6) is -0.412. The minimum absolute atomic E-state index is 0.0126. The molecule has 4 rings (SSSR count). The number of benzene rings is 1. The minimum atomic E-state index is -0.309. The van der Waals surface area contributed by atoms with Gasteiger partial charge in [-0.1, -0.05) is 32.0 Å². The largest absolute Gasteiger partial charge is 0.340 e. The lowest BCUT2D eigenvalue weighted by Gasteiger charge is -2.56. The number of hydrogen-bond donors (Lipinski definition) is 0. The Morgan fingerprint density at radius 1 is 1.22 bits per heavy atom. The molecule has 0 radical (unpaired) electrons. The second-order valence-corrected chi connectivity index (χ2v) is 11.4. The molecule has 0 aromatic heterocycles. The van der Waals surface area contributed by atoms with E-state index >= 15 is 0 Å². The van der Waals surface area contributed by atoms with Gasteiger partial charge in [0, 0.05) is 42.0 Å². The number of likely N-dealkylation sites (tertiary alicyclic amines) is 2. The molecule has 3 fully saturated rings. The zero-order valence-corrected chi connectivity index (χ0v) is 20.1. The molecule has 1 saturated carbocycles. The van der Waals surface area contributed by atoms with Crippen molar-refractivity contribution < 1.29 is 14.0 Å². The average Bonchev–Trinajstić information content (AvgIpc) is 2.72. The molecule has 1 aromatic carbocycles. The van der Waals surface area contributed by atoms with Crippen LogP contribution in [-0.2, 0) is 9.59 Å². The van der Waals surface area contributed by atoms with Crippen molar-refractivity contribution in [2.75, 3.05) is 19.6 Å². The van der Waals surface area contributed by atoms with Crippen molar-refractivity contribution in [3.05, 3.63) is 47.3 Å². The van der Waals surface area contributed by atoms with Crippen LogP contribution in [-0.4, -0.2) is 47.3 Å². The molecule has 32 heavy (non-hydrogen) atoms. The SMILES string of the molecule is C=CC(=O)N1CC2(CCN(C(=O)[C@H]3CCC(C)(C)C[C@@H]3c3cc(F)ccc3Cl)[C@@H](C)C2)C1. The third kappa shape index (κ3) is 4.33. The standard InChI is InChI=1S/C26H34ClFN2O2/c1-5-23(31)29-15-26(16-29)10-11-30(17(2)13-26)24(32)19-8-9-25(3,4)14-21(19)20-12-18(28)6-7-22(20)27/h5-7,12,17,19,21H,1,8-11,13-16H2,2-4H3/t17-,19-,21-/m0/s1. The van der Waals surface area contributed by atoms with Crippen molar-refractivity contribution in [2.45, 2.75) is 64.8 Å². The molecule has 3 atom stereocenters. The fourth-order valence-electron chi connectivity index (χ4n) is 6.30. The van der Waals surface area contributed by atoms with Gasteiger partial charge in [-0.05, 0) is 80.2 Å². The molecule has 2 aliphatic heterocycles. The monoisotopic (exact) mass is 460 g/mol. The Morgan fingerprint density at radius 2 is 1.94 bits per heavy atom. The minimum Gasteiger partial charge on any atom is -0.340 e. The van der Waals surface area contributed by atoms with Crippen LogP contribution in [0.3, 0.4) is 0 Å². The second-order valence-electron chi connectivity index (χ2n) is 11.0. The van der Waals surface area contributed by atoms with E-state index in [1.54, 1.807) is 6.07 Å². The molecular weight excluding hydrogens is 427 g/mol. The van der Waals surface area contributed by atoms with E-state index in [1.165, 1.54) is 18.2 Å². The lowest BCUT2D eigenvalue weighted by molar-refractivity contribution is -0.153. The van der Waals surface area contributed by atoms with E-state index in [1.807, 2.05) is 9.80 Å². The number of carbonyl (C=O) groups is 2. The quantitative estimate of drug-likeness (QED) is 0.565. The van der Waals surface area contributed by atoms with Gasteiger partial charge in [0.1, 0.15) is 5.82 Å². The molecule has 6 heteroatoms. The first-order valence-corrected chi connectivity index (χ1v) is 12.1. The van der Waals surface area contributed by atoms with E-state index in [-0.39, 0.29) is 46.3 Å². The second kappa shape index (κ2) is 8.48. The third-order valence-electron chi connectivity index (χ3n) is 8.03. The highest BCUT2D eigenvalue weighted by molar-refractivity contribution is 6.31. The number of nitrogens with zero attached hydrogens (tertiary/aromatic N) is 2. The van der Waals surface area contributed by atoms with Gasteiger partial charge in [0.2, 0.25) is 11.8 Å². The summed E-state index contributed by atoms with van der Waals surface area (Å²) >= 11 is 6.49. The van der Waals surface area contributed by atoms with Crippen molar-refractivity contribution in [1.29, 1.82) is 0 Å².